The van der Waals surface area contributed by atoms with Crippen LogP contribution in [0.15, 0.2) is 18.2 Å². The van der Waals surface area contributed by atoms with Gasteiger partial charge in [-0.1, -0.05) is 51.2 Å². The number of rotatable bonds is 7. The van der Waals surface area contributed by atoms with E-state index >= 15 is 0 Å². The Balaban J connectivity index is 1.79. The molecule has 1 heteroatoms. The molecule has 0 aromatic heterocycles. The SMILES string of the molecule is CCCCCCCCc1cccc2c1CCCN2. The van der Waals surface area contributed by atoms with Gasteiger partial charge in [0.1, 0.15) is 0 Å². The number of anilines is 1. The lowest BCUT2D eigenvalue weighted by Gasteiger charge is -2.21. The summed E-state index contributed by atoms with van der Waals surface area (Å²) in [6.45, 7) is 3.43. The zero-order valence-electron chi connectivity index (χ0n) is 11.8. The molecule has 1 nitrogen and oxygen atoms in total. The first kappa shape index (κ1) is 13.5. The van der Waals surface area contributed by atoms with Crippen LogP contribution in [0.3, 0.4) is 0 Å². The van der Waals surface area contributed by atoms with Gasteiger partial charge in [-0.05, 0) is 42.9 Å². The lowest BCUT2D eigenvalue weighted by atomic mass is 9.94. The molecule has 0 bridgehead atoms. The molecule has 1 heterocycles. The summed E-state index contributed by atoms with van der Waals surface area (Å²) in [5.74, 6) is 0. The van der Waals surface area contributed by atoms with Crippen LogP contribution < -0.4 is 5.32 Å². The molecular weight excluding hydrogens is 218 g/mol. The molecule has 0 radical (unpaired) electrons. The van der Waals surface area contributed by atoms with E-state index in [1.165, 1.54) is 63.5 Å². The Morgan fingerprint density at radius 3 is 2.78 bits per heavy atom. The molecule has 0 aliphatic carbocycles. The number of unbranched alkanes of at least 4 members (excludes halogenated alkanes) is 5. The third-order valence-electron chi connectivity index (χ3n) is 3.99. The van der Waals surface area contributed by atoms with Crippen LogP contribution in [0.1, 0.15) is 63.0 Å². The Kier molecular flexibility index (Phi) is 5.57. The van der Waals surface area contributed by atoms with Gasteiger partial charge in [-0.3, -0.25) is 0 Å². The van der Waals surface area contributed by atoms with Crippen LogP contribution in [0.4, 0.5) is 5.69 Å². The second-order valence-corrected chi connectivity index (χ2v) is 5.49. The molecule has 0 atom stereocenters. The van der Waals surface area contributed by atoms with Crippen LogP contribution in [0.5, 0.6) is 0 Å². The molecule has 2 rings (SSSR count). The average molecular weight is 245 g/mol. The fraction of sp³-hybridized carbons (Fsp3) is 0.647. The second kappa shape index (κ2) is 7.45. The predicted molar refractivity (Wildman–Crippen MR) is 80.3 cm³/mol. The van der Waals surface area contributed by atoms with Crippen molar-refractivity contribution in [2.24, 2.45) is 0 Å². The Bertz CT molecular complexity index is 357. The first-order valence-electron chi connectivity index (χ1n) is 7.76. The minimum atomic E-state index is 1.15. The normalized spacial score (nSPS) is 14.1. The summed E-state index contributed by atoms with van der Waals surface area (Å²) in [5.41, 5.74) is 4.58. The highest BCUT2D eigenvalue weighted by Crippen LogP contribution is 2.26. The number of hydrogen-bond donors (Lipinski definition) is 1. The zero-order chi connectivity index (χ0) is 12.6. The average Bonchev–Trinajstić information content (AvgIpc) is 2.43. The first-order chi connectivity index (χ1) is 8.92. The van der Waals surface area contributed by atoms with Gasteiger partial charge < -0.3 is 5.32 Å². The topological polar surface area (TPSA) is 12.0 Å². The van der Waals surface area contributed by atoms with Crippen LogP contribution in [-0.2, 0) is 12.8 Å². The van der Waals surface area contributed by atoms with E-state index in [9.17, 15) is 0 Å². The maximum absolute atomic E-state index is 3.52. The van der Waals surface area contributed by atoms with Crippen molar-refractivity contribution in [1.82, 2.24) is 0 Å². The van der Waals surface area contributed by atoms with Gasteiger partial charge >= 0.3 is 0 Å². The fourth-order valence-electron chi connectivity index (χ4n) is 2.91. The van der Waals surface area contributed by atoms with E-state index in [0.29, 0.717) is 0 Å². The number of benzene rings is 1. The molecule has 1 aromatic rings. The van der Waals surface area contributed by atoms with Gasteiger partial charge in [-0.2, -0.15) is 0 Å². The van der Waals surface area contributed by atoms with E-state index in [0.717, 1.165) is 6.54 Å². The van der Waals surface area contributed by atoms with Gasteiger partial charge in [0.05, 0.1) is 0 Å². The van der Waals surface area contributed by atoms with Gasteiger partial charge in [0.25, 0.3) is 0 Å². The third-order valence-corrected chi connectivity index (χ3v) is 3.99. The largest absolute Gasteiger partial charge is 0.385 e. The first-order valence-corrected chi connectivity index (χ1v) is 7.76. The van der Waals surface area contributed by atoms with Crippen molar-refractivity contribution < 1.29 is 0 Å². The maximum Gasteiger partial charge on any atom is 0.0375 e. The Labute approximate surface area is 112 Å². The van der Waals surface area contributed by atoms with Crippen LogP contribution in [-0.4, -0.2) is 6.54 Å². The molecule has 0 fully saturated rings. The Hall–Kier alpha value is -0.980. The molecule has 1 aliphatic heterocycles. The molecule has 0 saturated heterocycles. The summed E-state index contributed by atoms with van der Waals surface area (Å²) in [6, 6.07) is 6.78. The molecule has 1 aromatic carbocycles. The molecule has 0 spiro atoms. The highest BCUT2D eigenvalue weighted by atomic mass is 14.9. The summed E-state index contributed by atoms with van der Waals surface area (Å²) >= 11 is 0. The quantitative estimate of drug-likeness (QED) is 0.670. The van der Waals surface area contributed by atoms with E-state index in [1.54, 1.807) is 11.1 Å². The van der Waals surface area contributed by atoms with Gasteiger partial charge in [0.2, 0.25) is 0 Å². The van der Waals surface area contributed by atoms with Crippen molar-refractivity contribution in [3.63, 3.8) is 0 Å². The van der Waals surface area contributed by atoms with Crippen molar-refractivity contribution in [2.45, 2.75) is 64.7 Å². The highest BCUT2D eigenvalue weighted by molar-refractivity contribution is 5.56. The van der Waals surface area contributed by atoms with Crippen LogP contribution in [0, 0.1) is 0 Å². The second-order valence-electron chi connectivity index (χ2n) is 5.49. The van der Waals surface area contributed by atoms with Gasteiger partial charge in [-0.25, -0.2) is 0 Å². The van der Waals surface area contributed by atoms with Crippen molar-refractivity contribution >= 4 is 5.69 Å². The summed E-state index contributed by atoms with van der Waals surface area (Å²) in [6.07, 6.45) is 12.2. The summed E-state index contributed by atoms with van der Waals surface area (Å²) in [5, 5.41) is 3.52. The Morgan fingerprint density at radius 1 is 1.06 bits per heavy atom. The predicted octanol–water partition coefficient (Wildman–Crippen LogP) is 4.95. The van der Waals surface area contributed by atoms with Crippen LogP contribution in [0.2, 0.25) is 0 Å². The smallest absolute Gasteiger partial charge is 0.0375 e. The lowest BCUT2D eigenvalue weighted by Crippen LogP contribution is -2.13. The van der Waals surface area contributed by atoms with E-state index in [2.05, 4.69) is 30.4 Å². The molecule has 18 heavy (non-hydrogen) atoms. The molecule has 1 N–H and O–H groups in total. The molecule has 0 amide bonds. The van der Waals surface area contributed by atoms with Gasteiger partial charge in [0.15, 0.2) is 0 Å². The third kappa shape index (κ3) is 3.76. The Morgan fingerprint density at radius 2 is 1.89 bits per heavy atom. The molecule has 0 unspecified atom stereocenters. The van der Waals surface area contributed by atoms with E-state index in [4.69, 9.17) is 0 Å². The molecule has 100 valence electrons. The summed E-state index contributed by atoms with van der Waals surface area (Å²) < 4.78 is 0. The van der Waals surface area contributed by atoms with Crippen LogP contribution in [0.25, 0.3) is 0 Å². The van der Waals surface area contributed by atoms with E-state index in [1.807, 2.05) is 0 Å². The summed E-state index contributed by atoms with van der Waals surface area (Å²) in [7, 11) is 0. The van der Waals surface area contributed by atoms with Gasteiger partial charge in [0, 0.05) is 12.2 Å². The standard InChI is InChI=1S/C17H27N/c1-2-3-4-5-6-7-10-15-11-8-13-17-16(15)12-9-14-18-17/h8,11,13,18H,2-7,9-10,12,14H2,1H3. The fourth-order valence-corrected chi connectivity index (χ4v) is 2.91. The maximum atomic E-state index is 3.52. The number of aryl methyl sites for hydroxylation is 1. The number of hydrogen-bond acceptors (Lipinski definition) is 1. The van der Waals surface area contributed by atoms with E-state index in [-0.39, 0.29) is 0 Å². The van der Waals surface area contributed by atoms with Crippen molar-refractivity contribution in [1.29, 1.82) is 0 Å². The zero-order valence-corrected chi connectivity index (χ0v) is 11.8. The van der Waals surface area contributed by atoms with E-state index < -0.39 is 0 Å². The molecule has 1 aliphatic rings. The van der Waals surface area contributed by atoms with Gasteiger partial charge in [-0.15, -0.1) is 0 Å². The molecular formula is C17H27N. The van der Waals surface area contributed by atoms with Crippen LogP contribution >= 0.6 is 0 Å². The minimum Gasteiger partial charge on any atom is -0.385 e. The van der Waals surface area contributed by atoms with Crippen molar-refractivity contribution in [3.8, 4) is 0 Å². The number of fused-ring (bicyclic) bond motifs is 1. The minimum absolute atomic E-state index is 1.15. The number of nitrogens with one attached hydrogen (secondary N) is 1. The molecule has 0 saturated carbocycles. The van der Waals surface area contributed by atoms with Crippen molar-refractivity contribution in [3.05, 3.63) is 29.3 Å². The monoisotopic (exact) mass is 245 g/mol. The highest BCUT2D eigenvalue weighted by Gasteiger charge is 2.11. The summed E-state index contributed by atoms with van der Waals surface area (Å²) in [4.78, 5) is 0. The van der Waals surface area contributed by atoms with Crippen molar-refractivity contribution in [2.75, 3.05) is 11.9 Å². The lowest BCUT2D eigenvalue weighted by molar-refractivity contribution is 0.606.